The van der Waals surface area contributed by atoms with Gasteiger partial charge in [0.2, 0.25) is 0 Å². The zero-order chi connectivity index (χ0) is 13.1. The summed E-state index contributed by atoms with van der Waals surface area (Å²) < 4.78 is 36.9. The lowest BCUT2D eigenvalue weighted by Crippen LogP contribution is -2.06. The van der Waals surface area contributed by atoms with Gasteiger partial charge in [-0.2, -0.15) is 13.2 Å². The Bertz CT molecular complexity index is 423. The Morgan fingerprint density at radius 3 is 2.59 bits per heavy atom. The van der Waals surface area contributed by atoms with Crippen molar-refractivity contribution in [2.75, 3.05) is 11.6 Å². The van der Waals surface area contributed by atoms with Crippen molar-refractivity contribution in [1.29, 1.82) is 0 Å². The van der Waals surface area contributed by atoms with E-state index in [9.17, 15) is 18.0 Å². The first-order valence-electron chi connectivity index (χ1n) is 4.58. The van der Waals surface area contributed by atoms with Gasteiger partial charge in [-0.3, -0.25) is 4.79 Å². The van der Waals surface area contributed by atoms with Crippen LogP contribution in [0.3, 0.4) is 0 Å². The molecule has 0 aliphatic carbocycles. The van der Waals surface area contributed by atoms with Gasteiger partial charge in [-0.15, -0.1) is 11.6 Å². The average Bonchev–Trinajstić information content (AvgIpc) is 2.15. The summed E-state index contributed by atoms with van der Waals surface area (Å²) in [5.41, 5.74) is 1.13. The topological polar surface area (TPSA) is 43.1 Å². The molecule has 94 valence electrons. The molecule has 0 bridgehead atoms. The number of hydrogen-bond donors (Lipinski definition) is 1. The van der Waals surface area contributed by atoms with Crippen molar-refractivity contribution >= 4 is 34.8 Å². The molecule has 0 heterocycles. The molecule has 0 radical (unpaired) electrons. The predicted molar refractivity (Wildman–Crippen MR) is 62.4 cm³/mol. The van der Waals surface area contributed by atoms with E-state index in [-0.39, 0.29) is 40.2 Å². The van der Waals surface area contributed by atoms with Crippen LogP contribution in [0.2, 0.25) is 0 Å². The number of halogens is 4. The number of alkyl halides is 4. The van der Waals surface area contributed by atoms with Gasteiger partial charge in [-0.1, -0.05) is 0 Å². The smallest absolute Gasteiger partial charge is 0.399 e. The fourth-order valence-electron chi connectivity index (χ4n) is 1.20. The molecule has 1 aromatic rings. The van der Waals surface area contributed by atoms with Crippen LogP contribution in [0.5, 0.6) is 0 Å². The molecule has 0 atom stereocenters. The first kappa shape index (κ1) is 14.2. The molecular weight excluding hydrogens is 275 g/mol. The summed E-state index contributed by atoms with van der Waals surface area (Å²) in [5, 5.41) is 0. The number of thioether (sulfide) groups is 1. The Morgan fingerprint density at radius 1 is 1.41 bits per heavy atom. The zero-order valence-corrected chi connectivity index (χ0v) is 10.1. The molecule has 0 saturated carbocycles. The van der Waals surface area contributed by atoms with Gasteiger partial charge < -0.3 is 5.73 Å². The molecule has 0 aliphatic rings. The van der Waals surface area contributed by atoms with Crippen LogP contribution in [0.1, 0.15) is 16.8 Å². The standard InChI is InChI=1S/C10H9ClF3NOS/c11-4-3-8(16)7-2-1-6(15)5-9(7)17-10(12,13)14/h1-2,5H,3-4,15H2. The number of ketones is 1. The Labute approximate surface area is 105 Å². The number of benzene rings is 1. The molecule has 0 unspecified atom stereocenters. The summed E-state index contributed by atoms with van der Waals surface area (Å²) in [6.45, 7) is 0. The highest BCUT2D eigenvalue weighted by molar-refractivity contribution is 8.00. The Kier molecular flexibility index (Phi) is 4.70. The lowest BCUT2D eigenvalue weighted by molar-refractivity contribution is -0.0328. The summed E-state index contributed by atoms with van der Waals surface area (Å²) >= 11 is 5.04. The van der Waals surface area contributed by atoms with Crippen molar-refractivity contribution in [3.63, 3.8) is 0 Å². The first-order chi connectivity index (χ1) is 7.83. The number of hydrogen-bond acceptors (Lipinski definition) is 3. The molecule has 0 aromatic heterocycles. The van der Waals surface area contributed by atoms with E-state index in [4.69, 9.17) is 17.3 Å². The third-order valence-electron chi connectivity index (χ3n) is 1.85. The number of nitrogen functional groups attached to an aromatic ring is 1. The number of Topliss-reactive ketones (excluding diaryl/α,β-unsaturated/α-hetero) is 1. The number of carbonyl (C=O) groups is 1. The van der Waals surface area contributed by atoms with Crippen LogP contribution >= 0.6 is 23.4 Å². The van der Waals surface area contributed by atoms with Gasteiger partial charge in [0.15, 0.2) is 5.78 Å². The normalized spacial score (nSPS) is 11.5. The number of rotatable bonds is 4. The molecule has 0 spiro atoms. The SMILES string of the molecule is Nc1ccc(C(=O)CCCl)c(SC(F)(F)F)c1. The van der Waals surface area contributed by atoms with Gasteiger partial charge in [0.1, 0.15) is 0 Å². The molecular formula is C10H9ClF3NOS. The summed E-state index contributed by atoms with van der Waals surface area (Å²) in [6, 6.07) is 3.82. The third kappa shape index (κ3) is 4.47. The maximum Gasteiger partial charge on any atom is 0.446 e. The summed E-state index contributed by atoms with van der Waals surface area (Å²) in [4.78, 5) is 11.4. The summed E-state index contributed by atoms with van der Waals surface area (Å²) in [6.07, 6.45) is -0.00308. The van der Waals surface area contributed by atoms with Crippen LogP contribution in [0.15, 0.2) is 23.1 Å². The van der Waals surface area contributed by atoms with Crippen LogP contribution in [0.4, 0.5) is 18.9 Å². The summed E-state index contributed by atoms with van der Waals surface area (Å²) in [7, 11) is 0. The Morgan fingerprint density at radius 2 is 2.06 bits per heavy atom. The molecule has 1 rings (SSSR count). The van der Waals surface area contributed by atoms with Crippen molar-refractivity contribution < 1.29 is 18.0 Å². The van der Waals surface area contributed by atoms with Gasteiger partial charge >= 0.3 is 5.51 Å². The molecule has 0 saturated heterocycles. The molecule has 0 fully saturated rings. The minimum atomic E-state index is -4.45. The van der Waals surface area contributed by atoms with E-state index in [1.54, 1.807) is 0 Å². The van der Waals surface area contributed by atoms with Crippen LogP contribution < -0.4 is 5.73 Å². The van der Waals surface area contributed by atoms with Gasteiger partial charge in [0.25, 0.3) is 0 Å². The number of anilines is 1. The average molecular weight is 284 g/mol. The second-order valence-corrected chi connectivity index (χ2v) is 4.65. The first-order valence-corrected chi connectivity index (χ1v) is 5.93. The van der Waals surface area contributed by atoms with Crippen LogP contribution in [0.25, 0.3) is 0 Å². The van der Waals surface area contributed by atoms with E-state index < -0.39 is 11.3 Å². The summed E-state index contributed by atoms with van der Waals surface area (Å²) in [5.74, 6) is -0.356. The van der Waals surface area contributed by atoms with E-state index >= 15 is 0 Å². The van der Waals surface area contributed by atoms with Crippen molar-refractivity contribution in [3.8, 4) is 0 Å². The fourth-order valence-corrected chi connectivity index (χ4v) is 2.11. The van der Waals surface area contributed by atoms with E-state index in [0.717, 1.165) is 6.07 Å². The zero-order valence-electron chi connectivity index (χ0n) is 8.55. The predicted octanol–water partition coefficient (Wildman–Crippen LogP) is 3.69. The highest BCUT2D eigenvalue weighted by Gasteiger charge is 2.31. The quantitative estimate of drug-likeness (QED) is 0.397. The maximum absolute atomic E-state index is 12.3. The van der Waals surface area contributed by atoms with Crippen LogP contribution in [-0.2, 0) is 0 Å². The van der Waals surface area contributed by atoms with Crippen molar-refractivity contribution in [2.24, 2.45) is 0 Å². The monoisotopic (exact) mass is 283 g/mol. The van der Waals surface area contributed by atoms with Gasteiger partial charge in [0, 0.05) is 28.4 Å². The number of nitrogens with two attached hydrogens (primary N) is 1. The lowest BCUT2D eigenvalue weighted by atomic mass is 10.1. The minimum absolute atomic E-state index is 0.00201. The Balaban J connectivity index is 3.08. The van der Waals surface area contributed by atoms with Gasteiger partial charge in [0.05, 0.1) is 0 Å². The maximum atomic E-state index is 12.3. The second-order valence-electron chi connectivity index (χ2n) is 3.17. The van der Waals surface area contributed by atoms with E-state index in [0.29, 0.717) is 0 Å². The second kappa shape index (κ2) is 5.64. The third-order valence-corrected chi connectivity index (χ3v) is 2.83. The molecule has 17 heavy (non-hydrogen) atoms. The van der Waals surface area contributed by atoms with Crippen molar-refractivity contribution in [3.05, 3.63) is 23.8 Å². The molecule has 0 aliphatic heterocycles. The van der Waals surface area contributed by atoms with E-state index in [2.05, 4.69) is 0 Å². The lowest BCUT2D eigenvalue weighted by Gasteiger charge is -2.10. The van der Waals surface area contributed by atoms with Crippen LogP contribution in [-0.4, -0.2) is 17.2 Å². The van der Waals surface area contributed by atoms with E-state index in [1.165, 1.54) is 12.1 Å². The fraction of sp³-hybridized carbons (Fsp3) is 0.300. The number of carbonyl (C=O) groups excluding carboxylic acids is 1. The molecule has 7 heteroatoms. The highest BCUT2D eigenvalue weighted by Crippen LogP contribution is 2.39. The Hall–Kier alpha value is -0.880. The van der Waals surface area contributed by atoms with Crippen molar-refractivity contribution in [2.45, 2.75) is 16.8 Å². The molecule has 0 amide bonds. The molecule has 2 nitrogen and oxygen atoms in total. The van der Waals surface area contributed by atoms with Crippen molar-refractivity contribution in [1.82, 2.24) is 0 Å². The van der Waals surface area contributed by atoms with Crippen LogP contribution in [0, 0.1) is 0 Å². The molecule has 1 aromatic carbocycles. The largest absolute Gasteiger partial charge is 0.446 e. The van der Waals surface area contributed by atoms with Gasteiger partial charge in [-0.25, -0.2) is 0 Å². The van der Waals surface area contributed by atoms with Gasteiger partial charge in [-0.05, 0) is 30.0 Å². The van der Waals surface area contributed by atoms with E-state index in [1.807, 2.05) is 0 Å². The molecule has 2 N–H and O–H groups in total. The minimum Gasteiger partial charge on any atom is -0.399 e. The highest BCUT2D eigenvalue weighted by atomic mass is 35.5.